The Bertz CT molecular complexity index is 1940. The zero-order chi connectivity index (χ0) is 38.2. The highest BCUT2D eigenvalue weighted by Crippen LogP contribution is 2.50. The molecule has 0 aliphatic carbocycles. The number of amides is 2. The number of carbonyl (C=O) groups is 4. The highest BCUT2D eigenvalue weighted by Gasteiger charge is 2.51. The number of aryl methyl sites for hydroxylation is 1. The molecular formula is C43H49N3O8. The molecule has 3 aromatic carbocycles. The largest absolute Gasteiger partial charge is 0.481 e. The summed E-state index contributed by atoms with van der Waals surface area (Å²) in [5.74, 6) is -1.54. The summed E-state index contributed by atoms with van der Waals surface area (Å²) in [6, 6.07) is 22.9. The van der Waals surface area contributed by atoms with Crippen LogP contribution in [0.1, 0.15) is 120 Å². The molecule has 11 heteroatoms. The van der Waals surface area contributed by atoms with E-state index in [4.69, 9.17) is 14.3 Å². The van der Waals surface area contributed by atoms with Crippen molar-refractivity contribution in [3.8, 4) is 0 Å². The fourth-order valence-electron chi connectivity index (χ4n) is 7.99. The van der Waals surface area contributed by atoms with Crippen molar-refractivity contribution in [3.05, 3.63) is 118 Å². The third kappa shape index (κ3) is 8.73. The second kappa shape index (κ2) is 17.7. The zero-order valence-corrected chi connectivity index (χ0v) is 30.9. The number of carbonyl (C=O) groups excluding carboxylic acids is 2. The first-order valence-corrected chi connectivity index (χ1v) is 19.1. The van der Waals surface area contributed by atoms with Crippen molar-refractivity contribution in [1.29, 1.82) is 0 Å². The molecule has 2 saturated heterocycles. The van der Waals surface area contributed by atoms with Crippen molar-refractivity contribution >= 4 is 29.4 Å². The van der Waals surface area contributed by atoms with Crippen molar-refractivity contribution in [3.63, 3.8) is 0 Å². The van der Waals surface area contributed by atoms with Gasteiger partial charge in [0.1, 0.15) is 6.26 Å². The second-order valence-corrected chi connectivity index (χ2v) is 14.3. The molecule has 3 aliphatic rings. The van der Waals surface area contributed by atoms with E-state index < -0.39 is 17.9 Å². The van der Waals surface area contributed by atoms with Crippen LogP contribution in [0.2, 0.25) is 0 Å². The standard InChI is InChI=1S/C25H32N2O5.C18H17NO3/c1-2-3-6-13-26-24(30)19-15-31-25(27-19)23-18(20-10-11-21(23)32-20)14-17-8-5-4-7-16(17)9-12-22(28)29;1-2-15(18(21)22)12-7-9-14(10-8-12)19-11-13-5-3-4-6-16(13)17(19)20/h4-5,7-8,15,18,20-21,23H,2-3,6,9-14H2,1H3,(H,26,30)(H,28,29);3-10,15H,2,11H2,1H3,(H,21,22)/t18-,20-,21+,23-;/m0./s1. The topological polar surface area (TPSA) is 159 Å². The van der Waals surface area contributed by atoms with Crippen LogP contribution < -0.4 is 10.2 Å². The Balaban J connectivity index is 0.000000197. The van der Waals surface area contributed by atoms with E-state index in [2.05, 4.69) is 23.3 Å². The molecule has 1 aromatic heterocycles. The molecule has 2 bridgehead atoms. The predicted molar refractivity (Wildman–Crippen MR) is 203 cm³/mol. The van der Waals surface area contributed by atoms with Crippen molar-refractivity contribution in [2.24, 2.45) is 5.92 Å². The molecule has 0 saturated carbocycles. The number of carboxylic acid groups (broad SMARTS) is 2. The molecule has 4 aromatic rings. The van der Waals surface area contributed by atoms with Gasteiger partial charge in [0.25, 0.3) is 11.8 Å². The highest BCUT2D eigenvalue weighted by atomic mass is 16.5. The van der Waals surface area contributed by atoms with Crippen LogP contribution in [0.25, 0.3) is 0 Å². The maximum atomic E-state index is 12.4. The number of nitrogens with one attached hydrogen (secondary N) is 1. The van der Waals surface area contributed by atoms with Crippen LogP contribution in [-0.4, -0.2) is 57.7 Å². The number of rotatable bonds is 15. The number of oxazole rings is 1. The molecule has 7 rings (SSSR count). The van der Waals surface area contributed by atoms with E-state index in [9.17, 15) is 24.3 Å². The minimum atomic E-state index is -0.820. The maximum absolute atomic E-state index is 12.4. The van der Waals surface area contributed by atoms with E-state index >= 15 is 0 Å². The third-order valence-corrected chi connectivity index (χ3v) is 10.8. The number of ether oxygens (including phenoxy) is 1. The molecule has 2 amide bonds. The van der Waals surface area contributed by atoms with Gasteiger partial charge in [-0.3, -0.25) is 19.2 Å². The fraction of sp³-hybridized carbons (Fsp3) is 0.419. The average molecular weight is 736 g/mol. The van der Waals surface area contributed by atoms with E-state index in [1.165, 1.54) is 6.26 Å². The van der Waals surface area contributed by atoms with Gasteiger partial charge in [-0.05, 0) is 79.0 Å². The highest BCUT2D eigenvalue weighted by molar-refractivity contribution is 6.10. The smallest absolute Gasteiger partial charge is 0.310 e. The van der Waals surface area contributed by atoms with E-state index in [1.807, 2.05) is 61.5 Å². The van der Waals surface area contributed by atoms with E-state index in [0.29, 0.717) is 37.5 Å². The predicted octanol–water partition coefficient (Wildman–Crippen LogP) is 7.54. The fourth-order valence-corrected chi connectivity index (χ4v) is 7.99. The average Bonchev–Trinajstić information content (AvgIpc) is 3.99. The minimum Gasteiger partial charge on any atom is -0.481 e. The van der Waals surface area contributed by atoms with Crippen molar-refractivity contribution < 1.29 is 38.5 Å². The summed E-state index contributed by atoms with van der Waals surface area (Å²) in [6.07, 6.45) is 8.71. The summed E-state index contributed by atoms with van der Waals surface area (Å²) in [5.41, 5.74) is 5.86. The van der Waals surface area contributed by atoms with Gasteiger partial charge < -0.3 is 29.6 Å². The van der Waals surface area contributed by atoms with Crippen LogP contribution in [0.3, 0.4) is 0 Å². The molecule has 3 N–H and O–H groups in total. The van der Waals surface area contributed by atoms with Gasteiger partial charge in [0, 0.05) is 30.1 Å². The van der Waals surface area contributed by atoms with Crippen molar-refractivity contribution in [2.75, 3.05) is 11.4 Å². The van der Waals surface area contributed by atoms with Gasteiger partial charge in [0.2, 0.25) is 5.89 Å². The monoisotopic (exact) mass is 735 g/mol. The summed E-state index contributed by atoms with van der Waals surface area (Å²) in [6.45, 7) is 5.18. The molecule has 4 heterocycles. The molecular weight excluding hydrogens is 686 g/mol. The Kier molecular flexibility index (Phi) is 12.6. The molecule has 284 valence electrons. The number of anilines is 1. The quantitative estimate of drug-likeness (QED) is 0.105. The number of nitrogens with zero attached hydrogens (tertiary/aromatic N) is 2. The lowest BCUT2D eigenvalue weighted by atomic mass is 9.75. The Hall–Kier alpha value is -5.29. The molecule has 0 spiro atoms. The van der Waals surface area contributed by atoms with E-state index in [0.717, 1.165) is 72.0 Å². The summed E-state index contributed by atoms with van der Waals surface area (Å²) in [5, 5.41) is 21.2. The normalized spacial score (nSPS) is 20.3. The molecule has 3 aliphatic heterocycles. The van der Waals surface area contributed by atoms with Crippen molar-refractivity contribution in [2.45, 2.75) is 102 Å². The van der Waals surface area contributed by atoms with Gasteiger partial charge >= 0.3 is 11.9 Å². The maximum Gasteiger partial charge on any atom is 0.310 e. The summed E-state index contributed by atoms with van der Waals surface area (Å²) in [7, 11) is 0. The molecule has 0 radical (unpaired) electrons. The lowest BCUT2D eigenvalue weighted by Crippen LogP contribution is -2.28. The second-order valence-electron chi connectivity index (χ2n) is 14.3. The van der Waals surface area contributed by atoms with E-state index in [-0.39, 0.29) is 42.3 Å². The van der Waals surface area contributed by atoms with Crippen LogP contribution in [0.4, 0.5) is 5.69 Å². The Morgan fingerprint density at radius 3 is 2.35 bits per heavy atom. The number of benzene rings is 3. The molecule has 11 nitrogen and oxygen atoms in total. The number of unbranched alkanes of at least 4 members (excludes halogenated alkanes) is 2. The third-order valence-electron chi connectivity index (χ3n) is 10.8. The lowest BCUT2D eigenvalue weighted by molar-refractivity contribution is -0.139. The number of hydrogen-bond donors (Lipinski definition) is 3. The first-order chi connectivity index (χ1) is 26.2. The summed E-state index contributed by atoms with van der Waals surface area (Å²) >= 11 is 0. The zero-order valence-electron chi connectivity index (χ0n) is 30.9. The van der Waals surface area contributed by atoms with Crippen LogP contribution in [0.15, 0.2) is 83.5 Å². The number of hydrogen-bond acceptors (Lipinski definition) is 7. The SMILES string of the molecule is CCC(C(=O)O)c1ccc(N2Cc3ccccc3C2=O)cc1.CCCCCNC(=O)c1coc([C@H]2[C@@H](Cc3ccccc3CCC(=O)O)[C@@H]3CC[C@H]2O3)n1. The van der Waals surface area contributed by atoms with Gasteiger partial charge in [-0.1, -0.05) is 81.3 Å². The first-order valence-electron chi connectivity index (χ1n) is 19.1. The summed E-state index contributed by atoms with van der Waals surface area (Å²) < 4.78 is 12.0. The number of fused-ring (bicyclic) bond motifs is 3. The lowest BCUT2D eigenvalue weighted by Gasteiger charge is -2.26. The molecule has 1 unspecified atom stereocenters. The first kappa shape index (κ1) is 38.4. The number of aliphatic carboxylic acids is 2. The summed E-state index contributed by atoms with van der Waals surface area (Å²) in [4.78, 5) is 53.4. The van der Waals surface area contributed by atoms with Crippen molar-refractivity contribution in [1.82, 2.24) is 10.3 Å². The molecule has 2 fully saturated rings. The van der Waals surface area contributed by atoms with E-state index in [1.54, 1.807) is 17.0 Å². The molecule has 54 heavy (non-hydrogen) atoms. The van der Waals surface area contributed by atoms with Gasteiger partial charge in [0.05, 0.1) is 30.6 Å². The number of aromatic nitrogens is 1. The van der Waals surface area contributed by atoms with Crippen LogP contribution >= 0.6 is 0 Å². The number of carboxylic acids is 2. The molecule has 5 atom stereocenters. The van der Waals surface area contributed by atoms with Crippen LogP contribution in [0, 0.1) is 5.92 Å². The Labute approximate surface area is 315 Å². The Morgan fingerprint density at radius 1 is 0.926 bits per heavy atom. The van der Waals surface area contributed by atoms with Gasteiger partial charge in [-0.2, -0.15) is 0 Å². The van der Waals surface area contributed by atoms with Gasteiger partial charge in [0.15, 0.2) is 5.69 Å². The van der Waals surface area contributed by atoms with Gasteiger partial charge in [-0.25, -0.2) is 4.98 Å². The van der Waals surface area contributed by atoms with Crippen LogP contribution in [-0.2, 0) is 33.7 Å². The van der Waals surface area contributed by atoms with Gasteiger partial charge in [-0.15, -0.1) is 0 Å². The van der Waals surface area contributed by atoms with Crippen LogP contribution in [0.5, 0.6) is 0 Å². The Morgan fingerprint density at radius 2 is 1.65 bits per heavy atom. The minimum absolute atomic E-state index is 0.00270.